The highest BCUT2D eigenvalue weighted by Gasteiger charge is 2.14. The van der Waals surface area contributed by atoms with E-state index in [2.05, 4.69) is 30.5 Å². The standard InChI is InChI=1S/C13H25N3O/c1-11(2)13(9-14-5-6-17-4)7-12-8-15-16(3)10-12/h8,10-11,13-14H,5-7,9H2,1-4H3. The quantitative estimate of drug-likeness (QED) is 0.698. The maximum atomic E-state index is 5.03. The Bertz CT molecular complexity index is 309. The molecule has 1 aromatic rings. The van der Waals surface area contributed by atoms with Crippen LogP contribution in [0.5, 0.6) is 0 Å². The van der Waals surface area contributed by atoms with E-state index in [9.17, 15) is 0 Å². The van der Waals surface area contributed by atoms with Crippen LogP contribution in [-0.4, -0.2) is 36.6 Å². The Hall–Kier alpha value is -0.870. The molecule has 0 bridgehead atoms. The molecule has 1 aromatic heterocycles. The SMILES string of the molecule is COCCNCC(Cc1cnn(C)c1)C(C)C. The molecule has 4 nitrogen and oxygen atoms in total. The molecule has 1 unspecified atom stereocenters. The van der Waals surface area contributed by atoms with Crippen molar-refractivity contribution in [2.75, 3.05) is 26.8 Å². The smallest absolute Gasteiger partial charge is 0.0587 e. The average Bonchev–Trinajstić information content (AvgIpc) is 2.68. The second-order valence-electron chi connectivity index (χ2n) is 4.93. The first-order chi connectivity index (χ1) is 8.13. The topological polar surface area (TPSA) is 39.1 Å². The highest BCUT2D eigenvalue weighted by Crippen LogP contribution is 2.16. The van der Waals surface area contributed by atoms with E-state index in [1.807, 2.05) is 17.9 Å². The molecule has 1 heterocycles. The molecule has 0 aliphatic carbocycles. The number of ether oxygens (including phenoxy) is 1. The van der Waals surface area contributed by atoms with Crippen molar-refractivity contribution in [3.63, 3.8) is 0 Å². The molecule has 0 spiro atoms. The van der Waals surface area contributed by atoms with Crippen LogP contribution in [0.4, 0.5) is 0 Å². The monoisotopic (exact) mass is 239 g/mol. The number of aromatic nitrogens is 2. The summed E-state index contributed by atoms with van der Waals surface area (Å²) in [5.41, 5.74) is 1.32. The van der Waals surface area contributed by atoms with E-state index in [0.717, 1.165) is 26.1 Å². The zero-order chi connectivity index (χ0) is 12.7. The van der Waals surface area contributed by atoms with Gasteiger partial charge >= 0.3 is 0 Å². The minimum Gasteiger partial charge on any atom is -0.383 e. The van der Waals surface area contributed by atoms with Crippen molar-refractivity contribution in [1.82, 2.24) is 15.1 Å². The Kier molecular flexibility index (Phi) is 6.22. The van der Waals surface area contributed by atoms with Gasteiger partial charge in [-0.1, -0.05) is 13.8 Å². The summed E-state index contributed by atoms with van der Waals surface area (Å²) in [6.07, 6.45) is 5.15. The van der Waals surface area contributed by atoms with Gasteiger partial charge in [0.2, 0.25) is 0 Å². The van der Waals surface area contributed by atoms with Crippen molar-refractivity contribution >= 4 is 0 Å². The van der Waals surface area contributed by atoms with Crippen LogP contribution in [0, 0.1) is 11.8 Å². The van der Waals surface area contributed by atoms with Crippen molar-refractivity contribution in [2.24, 2.45) is 18.9 Å². The second kappa shape index (κ2) is 7.45. The van der Waals surface area contributed by atoms with Gasteiger partial charge in [0.25, 0.3) is 0 Å². The average molecular weight is 239 g/mol. The fourth-order valence-corrected chi connectivity index (χ4v) is 1.89. The number of methoxy groups -OCH3 is 1. The van der Waals surface area contributed by atoms with E-state index in [1.165, 1.54) is 5.56 Å². The van der Waals surface area contributed by atoms with Gasteiger partial charge in [-0.2, -0.15) is 5.10 Å². The van der Waals surface area contributed by atoms with Crippen molar-refractivity contribution in [3.05, 3.63) is 18.0 Å². The highest BCUT2D eigenvalue weighted by molar-refractivity contribution is 5.05. The minimum absolute atomic E-state index is 0.649. The van der Waals surface area contributed by atoms with Crippen LogP contribution in [0.25, 0.3) is 0 Å². The van der Waals surface area contributed by atoms with Crippen LogP contribution in [0.1, 0.15) is 19.4 Å². The van der Waals surface area contributed by atoms with Gasteiger partial charge in [-0.3, -0.25) is 4.68 Å². The van der Waals surface area contributed by atoms with Crippen molar-refractivity contribution in [2.45, 2.75) is 20.3 Å². The fourth-order valence-electron chi connectivity index (χ4n) is 1.89. The molecule has 4 heteroatoms. The molecular weight excluding hydrogens is 214 g/mol. The number of hydrogen-bond acceptors (Lipinski definition) is 3. The molecule has 17 heavy (non-hydrogen) atoms. The van der Waals surface area contributed by atoms with E-state index in [0.29, 0.717) is 11.8 Å². The summed E-state index contributed by atoms with van der Waals surface area (Å²) in [6, 6.07) is 0. The third kappa shape index (κ3) is 5.33. The third-order valence-corrected chi connectivity index (χ3v) is 3.09. The van der Waals surface area contributed by atoms with Gasteiger partial charge in [-0.15, -0.1) is 0 Å². The van der Waals surface area contributed by atoms with E-state index < -0.39 is 0 Å². The van der Waals surface area contributed by atoms with Gasteiger partial charge in [-0.25, -0.2) is 0 Å². The molecule has 0 radical (unpaired) electrons. The third-order valence-electron chi connectivity index (χ3n) is 3.09. The summed E-state index contributed by atoms with van der Waals surface area (Å²) in [4.78, 5) is 0. The minimum atomic E-state index is 0.649. The second-order valence-corrected chi connectivity index (χ2v) is 4.93. The summed E-state index contributed by atoms with van der Waals surface area (Å²) < 4.78 is 6.90. The Morgan fingerprint density at radius 3 is 2.76 bits per heavy atom. The zero-order valence-electron chi connectivity index (χ0n) is 11.4. The Morgan fingerprint density at radius 2 is 2.24 bits per heavy atom. The molecular formula is C13H25N3O. The molecule has 1 N–H and O–H groups in total. The van der Waals surface area contributed by atoms with E-state index in [1.54, 1.807) is 7.11 Å². The van der Waals surface area contributed by atoms with Crippen LogP contribution >= 0.6 is 0 Å². The normalized spacial score (nSPS) is 13.2. The van der Waals surface area contributed by atoms with E-state index in [4.69, 9.17) is 4.74 Å². The maximum absolute atomic E-state index is 5.03. The highest BCUT2D eigenvalue weighted by atomic mass is 16.5. The van der Waals surface area contributed by atoms with Crippen molar-refractivity contribution < 1.29 is 4.74 Å². The van der Waals surface area contributed by atoms with Crippen molar-refractivity contribution in [1.29, 1.82) is 0 Å². The molecule has 0 aliphatic heterocycles. The number of nitrogens with zero attached hydrogens (tertiary/aromatic N) is 2. The molecule has 1 atom stereocenters. The van der Waals surface area contributed by atoms with Crippen LogP contribution < -0.4 is 5.32 Å². The van der Waals surface area contributed by atoms with Crippen molar-refractivity contribution in [3.8, 4) is 0 Å². The van der Waals surface area contributed by atoms with Crippen LogP contribution in [0.2, 0.25) is 0 Å². The predicted octanol–water partition coefficient (Wildman–Crippen LogP) is 1.47. The number of aryl methyl sites for hydroxylation is 1. The van der Waals surface area contributed by atoms with E-state index >= 15 is 0 Å². The lowest BCUT2D eigenvalue weighted by molar-refractivity contribution is 0.196. The molecule has 0 fully saturated rings. The lowest BCUT2D eigenvalue weighted by Crippen LogP contribution is -2.30. The van der Waals surface area contributed by atoms with Crippen LogP contribution in [0.15, 0.2) is 12.4 Å². The zero-order valence-corrected chi connectivity index (χ0v) is 11.4. The molecule has 0 saturated heterocycles. The Morgan fingerprint density at radius 1 is 1.47 bits per heavy atom. The van der Waals surface area contributed by atoms with E-state index in [-0.39, 0.29) is 0 Å². The maximum Gasteiger partial charge on any atom is 0.0587 e. The van der Waals surface area contributed by atoms with Crippen LogP contribution in [0.3, 0.4) is 0 Å². The molecule has 98 valence electrons. The summed E-state index contributed by atoms with van der Waals surface area (Å²) >= 11 is 0. The van der Waals surface area contributed by atoms with Gasteiger partial charge in [0.15, 0.2) is 0 Å². The lowest BCUT2D eigenvalue weighted by Gasteiger charge is -2.20. The number of rotatable bonds is 8. The lowest BCUT2D eigenvalue weighted by atomic mass is 9.90. The first-order valence-corrected chi connectivity index (χ1v) is 6.30. The number of nitrogens with one attached hydrogen (secondary N) is 1. The van der Waals surface area contributed by atoms with Gasteiger partial charge in [0.1, 0.15) is 0 Å². The Balaban J connectivity index is 2.38. The largest absolute Gasteiger partial charge is 0.383 e. The summed E-state index contributed by atoms with van der Waals surface area (Å²) in [5.74, 6) is 1.32. The fraction of sp³-hybridized carbons (Fsp3) is 0.769. The first kappa shape index (κ1) is 14.2. The molecule has 0 amide bonds. The molecule has 1 rings (SSSR count). The predicted molar refractivity (Wildman–Crippen MR) is 70.0 cm³/mol. The van der Waals surface area contributed by atoms with Gasteiger partial charge in [-0.05, 0) is 30.4 Å². The first-order valence-electron chi connectivity index (χ1n) is 6.30. The molecule has 0 saturated carbocycles. The van der Waals surface area contributed by atoms with Crippen LogP contribution in [-0.2, 0) is 18.2 Å². The van der Waals surface area contributed by atoms with Gasteiger partial charge in [0, 0.05) is 26.9 Å². The summed E-state index contributed by atoms with van der Waals surface area (Å²) in [6.45, 7) is 7.29. The number of hydrogen-bond donors (Lipinski definition) is 1. The Labute approximate surface area is 104 Å². The molecule has 0 aliphatic rings. The van der Waals surface area contributed by atoms with Gasteiger partial charge < -0.3 is 10.1 Å². The molecule has 0 aromatic carbocycles. The summed E-state index contributed by atoms with van der Waals surface area (Å²) in [5, 5.41) is 7.66. The van der Waals surface area contributed by atoms with Gasteiger partial charge in [0.05, 0.1) is 12.8 Å². The summed E-state index contributed by atoms with van der Waals surface area (Å²) in [7, 11) is 3.70.